The second-order valence-corrected chi connectivity index (χ2v) is 6.39. The van der Waals surface area contributed by atoms with Crippen LogP contribution < -0.4 is 0 Å². The van der Waals surface area contributed by atoms with Crippen LogP contribution in [0.1, 0.15) is 58.1 Å². The van der Waals surface area contributed by atoms with Crippen LogP contribution in [0.15, 0.2) is 18.2 Å². The molecule has 0 fully saturated rings. The van der Waals surface area contributed by atoms with Gasteiger partial charge in [-0.3, -0.25) is 0 Å². The zero-order valence-electron chi connectivity index (χ0n) is 12.2. The van der Waals surface area contributed by atoms with E-state index in [0.717, 1.165) is 17.5 Å². The lowest BCUT2D eigenvalue weighted by Crippen LogP contribution is -2.13. The van der Waals surface area contributed by atoms with Gasteiger partial charge in [-0.15, -0.1) is 0 Å². The van der Waals surface area contributed by atoms with Crippen LogP contribution in [0.2, 0.25) is 0 Å². The van der Waals surface area contributed by atoms with Gasteiger partial charge in [0.2, 0.25) is 0 Å². The largest absolute Gasteiger partial charge is 0.508 e. The van der Waals surface area contributed by atoms with Gasteiger partial charge in [-0.25, -0.2) is 0 Å². The molecule has 0 amide bonds. The Balaban J connectivity index is 3.09. The van der Waals surface area contributed by atoms with E-state index >= 15 is 0 Å². The number of phenols is 1. The van der Waals surface area contributed by atoms with Crippen molar-refractivity contribution in [3.05, 3.63) is 29.3 Å². The molecule has 0 aliphatic carbocycles. The maximum absolute atomic E-state index is 10.2. The molecule has 0 unspecified atom stereocenters. The normalized spacial score (nSPS) is 13.9. The zero-order valence-corrected chi connectivity index (χ0v) is 12.2. The van der Waals surface area contributed by atoms with E-state index in [1.165, 1.54) is 0 Å². The summed E-state index contributed by atoms with van der Waals surface area (Å²) < 4.78 is 0. The Morgan fingerprint density at radius 1 is 1.17 bits per heavy atom. The third kappa shape index (κ3) is 3.49. The monoisotopic (exact) mass is 250 g/mol. The highest BCUT2D eigenvalue weighted by Gasteiger charge is 2.21. The van der Waals surface area contributed by atoms with Gasteiger partial charge >= 0.3 is 0 Å². The fourth-order valence-electron chi connectivity index (χ4n) is 2.44. The number of rotatable bonds is 4. The Morgan fingerprint density at radius 3 is 2.17 bits per heavy atom. The molecular formula is C16H26O2. The highest BCUT2D eigenvalue weighted by molar-refractivity contribution is 5.41. The fourth-order valence-corrected chi connectivity index (χ4v) is 2.44. The van der Waals surface area contributed by atoms with E-state index in [-0.39, 0.29) is 12.0 Å². The van der Waals surface area contributed by atoms with Crippen molar-refractivity contribution in [2.24, 2.45) is 5.92 Å². The number of hydrogen-bond donors (Lipinski definition) is 2. The van der Waals surface area contributed by atoms with Crippen LogP contribution in [-0.2, 0) is 5.41 Å². The lowest BCUT2D eigenvalue weighted by Gasteiger charge is -2.24. The molecule has 0 aromatic heterocycles. The summed E-state index contributed by atoms with van der Waals surface area (Å²) in [6.07, 6.45) is 0.742. The molecule has 18 heavy (non-hydrogen) atoms. The van der Waals surface area contributed by atoms with E-state index in [1.54, 1.807) is 0 Å². The van der Waals surface area contributed by atoms with Crippen LogP contribution in [0.3, 0.4) is 0 Å². The Hall–Kier alpha value is -1.02. The van der Waals surface area contributed by atoms with Gasteiger partial charge in [0, 0.05) is 6.61 Å². The molecule has 0 spiro atoms. The summed E-state index contributed by atoms with van der Waals surface area (Å²) in [5, 5.41) is 19.3. The lowest BCUT2D eigenvalue weighted by atomic mass is 9.82. The summed E-state index contributed by atoms with van der Waals surface area (Å²) in [5.74, 6) is 1.12. The maximum atomic E-state index is 10.2. The standard InChI is InChI=1S/C16H26O2/c1-11(2)13(8-9-17)12-6-7-14(15(18)10-12)16(3,4)5/h6-7,10-11,13,17-18H,8-9H2,1-5H3/t13-/m1/s1. The average molecular weight is 250 g/mol. The topological polar surface area (TPSA) is 40.5 Å². The minimum absolute atomic E-state index is 0.0487. The second kappa shape index (κ2) is 5.75. The van der Waals surface area contributed by atoms with Crippen molar-refractivity contribution in [1.29, 1.82) is 0 Å². The van der Waals surface area contributed by atoms with Gasteiger partial charge in [0.1, 0.15) is 5.75 Å². The molecule has 2 heteroatoms. The molecule has 102 valence electrons. The van der Waals surface area contributed by atoms with Crippen LogP contribution in [0, 0.1) is 5.92 Å². The summed E-state index contributed by atoms with van der Waals surface area (Å²) in [7, 11) is 0. The van der Waals surface area contributed by atoms with Crippen molar-refractivity contribution in [1.82, 2.24) is 0 Å². The molecule has 0 saturated heterocycles. The third-order valence-corrected chi connectivity index (χ3v) is 3.50. The molecule has 1 aromatic carbocycles. The molecule has 2 nitrogen and oxygen atoms in total. The van der Waals surface area contributed by atoms with Gasteiger partial charge in [0.15, 0.2) is 0 Å². The third-order valence-electron chi connectivity index (χ3n) is 3.50. The highest BCUT2D eigenvalue weighted by atomic mass is 16.3. The summed E-state index contributed by atoms with van der Waals surface area (Å²) in [5.41, 5.74) is 2.04. The smallest absolute Gasteiger partial charge is 0.119 e. The number of hydrogen-bond acceptors (Lipinski definition) is 2. The molecule has 0 aliphatic heterocycles. The maximum Gasteiger partial charge on any atom is 0.119 e. The minimum Gasteiger partial charge on any atom is -0.508 e. The van der Waals surface area contributed by atoms with Crippen molar-refractivity contribution in [3.63, 3.8) is 0 Å². The molecule has 0 aliphatic rings. The van der Waals surface area contributed by atoms with Crippen LogP contribution in [-0.4, -0.2) is 16.8 Å². The fraction of sp³-hybridized carbons (Fsp3) is 0.625. The highest BCUT2D eigenvalue weighted by Crippen LogP contribution is 2.35. The number of aromatic hydroxyl groups is 1. The van der Waals surface area contributed by atoms with Gasteiger partial charge in [-0.2, -0.15) is 0 Å². The van der Waals surface area contributed by atoms with E-state index in [1.807, 2.05) is 12.1 Å². The number of benzene rings is 1. The van der Waals surface area contributed by atoms with Crippen molar-refractivity contribution in [2.45, 2.75) is 52.4 Å². The van der Waals surface area contributed by atoms with Crippen LogP contribution in [0.5, 0.6) is 5.75 Å². The Morgan fingerprint density at radius 2 is 1.78 bits per heavy atom. The van der Waals surface area contributed by atoms with Crippen LogP contribution in [0.25, 0.3) is 0 Å². The van der Waals surface area contributed by atoms with Gasteiger partial charge in [0.05, 0.1) is 0 Å². The molecule has 0 radical (unpaired) electrons. The molecule has 1 rings (SSSR count). The molecule has 0 saturated carbocycles. The second-order valence-electron chi connectivity index (χ2n) is 6.39. The predicted octanol–water partition coefficient (Wildman–Crippen LogP) is 3.81. The number of phenolic OH excluding ortho intramolecular Hbond substituents is 1. The molecular weight excluding hydrogens is 224 g/mol. The van der Waals surface area contributed by atoms with Crippen molar-refractivity contribution < 1.29 is 10.2 Å². The zero-order chi connectivity index (χ0) is 13.9. The summed E-state index contributed by atoms with van der Waals surface area (Å²) in [6, 6.07) is 5.96. The van der Waals surface area contributed by atoms with Crippen LogP contribution >= 0.6 is 0 Å². The van der Waals surface area contributed by atoms with E-state index < -0.39 is 0 Å². The minimum atomic E-state index is -0.0487. The summed E-state index contributed by atoms with van der Waals surface area (Å²) in [4.78, 5) is 0. The average Bonchev–Trinajstić information content (AvgIpc) is 2.23. The summed E-state index contributed by atoms with van der Waals surface area (Å²) >= 11 is 0. The van der Waals surface area contributed by atoms with Gasteiger partial charge in [0.25, 0.3) is 0 Å². The summed E-state index contributed by atoms with van der Waals surface area (Å²) in [6.45, 7) is 10.8. The first-order valence-electron chi connectivity index (χ1n) is 6.71. The number of aliphatic hydroxyl groups excluding tert-OH is 1. The van der Waals surface area contributed by atoms with Gasteiger partial charge in [-0.05, 0) is 40.9 Å². The quantitative estimate of drug-likeness (QED) is 0.853. The Kier molecular flexibility index (Phi) is 4.80. The molecule has 2 N–H and O–H groups in total. The van der Waals surface area contributed by atoms with Crippen molar-refractivity contribution in [3.8, 4) is 5.75 Å². The Bertz CT molecular complexity index is 389. The van der Waals surface area contributed by atoms with Gasteiger partial charge in [-0.1, -0.05) is 46.8 Å². The molecule has 0 heterocycles. The SMILES string of the molecule is CC(C)[C@@H](CCO)c1ccc(C(C)(C)C)c(O)c1. The lowest BCUT2D eigenvalue weighted by molar-refractivity contribution is 0.261. The first kappa shape index (κ1) is 15.0. The Labute approximate surface area is 111 Å². The van der Waals surface area contributed by atoms with E-state index in [4.69, 9.17) is 5.11 Å². The van der Waals surface area contributed by atoms with E-state index in [9.17, 15) is 5.11 Å². The van der Waals surface area contributed by atoms with Gasteiger partial charge < -0.3 is 10.2 Å². The predicted molar refractivity (Wildman–Crippen MR) is 76.1 cm³/mol. The molecule has 1 atom stereocenters. The molecule has 1 aromatic rings. The van der Waals surface area contributed by atoms with E-state index in [2.05, 4.69) is 40.7 Å². The van der Waals surface area contributed by atoms with Crippen molar-refractivity contribution in [2.75, 3.05) is 6.61 Å². The van der Waals surface area contributed by atoms with Crippen molar-refractivity contribution >= 4 is 0 Å². The molecule has 0 bridgehead atoms. The number of aliphatic hydroxyl groups is 1. The van der Waals surface area contributed by atoms with Crippen LogP contribution in [0.4, 0.5) is 0 Å². The first-order valence-corrected chi connectivity index (χ1v) is 6.71. The first-order chi connectivity index (χ1) is 8.27. The van der Waals surface area contributed by atoms with E-state index in [0.29, 0.717) is 17.6 Å².